The second-order valence-electron chi connectivity index (χ2n) is 6.69. The van der Waals surface area contributed by atoms with Crippen molar-refractivity contribution >= 4 is 11.6 Å². The second kappa shape index (κ2) is 9.20. The first kappa shape index (κ1) is 21.0. The van der Waals surface area contributed by atoms with Crippen molar-refractivity contribution in [2.24, 2.45) is 0 Å². The van der Waals surface area contributed by atoms with E-state index in [9.17, 15) is 14.6 Å². The van der Waals surface area contributed by atoms with E-state index in [1.165, 1.54) is 7.11 Å². The molecule has 0 bridgehead atoms. The molecule has 152 valence electrons. The Morgan fingerprint density at radius 1 is 1.11 bits per heavy atom. The normalized spacial score (nSPS) is 27.6. The number of halogens is 2. The minimum atomic E-state index is -1.83. The standard InChI is InChI=1S/C21H24ClFO5/c1-3-27-15-7-4-12(5-8-15)10-14-11-13(6-9-16(14)22)20-19(25)18(24)17(23)21(26-2)28-20/h4-9,11,17-21,24-25H,3,10H2,1-2H3/t17-,18+,19-,20+,21-/m1/s1. The van der Waals surface area contributed by atoms with Crippen molar-refractivity contribution in [2.75, 3.05) is 13.7 Å². The van der Waals surface area contributed by atoms with Crippen molar-refractivity contribution in [1.29, 1.82) is 0 Å². The van der Waals surface area contributed by atoms with Crippen molar-refractivity contribution < 1.29 is 28.8 Å². The quantitative estimate of drug-likeness (QED) is 0.763. The Balaban J connectivity index is 1.82. The zero-order valence-corrected chi connectivity index (χ0v) is 16.5. The van der Waals surface area contributed by atoms with Crippen LogP contribution in [-0.2, 0) is 15.9 Å². The number of ether oxygens (including phenoxy) is 3. The van der Waals surface area contributed by atoms with E-state index < -0.39 is 30.8 Å². The van der Waals surface area contributed by atoms with Crippen LogP contribution in [0.25, 0.3) is 0 Å². The van der Waals surface area contributed by atoms with Crippen molar-refractivity contribution in [3.8, 4) is 5.75 Å². The zero-order chi connectivity index (χ0) is 20.3. The van der Waals surface area contributed by atoms with Crippen molar-refractivity contribution in [1.82, 2.24) is 0 Å². The molecule has 28 heavy (non-hydrogen) atoms. The van der Waals surface area contributed by atoms with Crippen LogP contribution in [0.5, 0.6) is 5.75 Å². The third kappa shape index (κ3) is 4.47. The van der Waals surface area contributed by atoms with Gasteiger partial charge in [-0.05, 0) is 48.2 Å². The molecule has 0 spiro atoms. The Labute approximate surface area is 168 Å². The van der Waals surface area contributed by atoms with Crippen LogP contribution in [0.3, 0.4) is 0 Å². The fourth-order valence-corrected chi connectivity index (χ4v) is 3.47. The van der Waals surface area contributed by atoms with Gasteiger partial charge < -0.3 is 24.4 Å². The van der Waals surface area contributed by atoms with E-state index in [1.54, 1.807) is 18.2 Å². The summed E-state index contributed by atoms with van der Waals surface area (Å²) in [5, 5.41) is 20.8. The van der Waals surface area contributed by atoms with E-state index in [2.05, 4.69) is 0 Å². The van der Waals surface area contributed by atoms with Crippen LogP contribution in [0.15, 0.2) is 42.5 Å². The molecular formula is C21H24ClFO5. The predicted molar refractivity (Wildman–Crippen MR) is 103 cm³/mol. The minimum absolute atomic E-state index is 0.559. The first-order valence-corrected chi connectivity index (χ1v) is 9.51. The van der Waals surface area contributed by atoms with Crippen LogP contribution >= 0.6 is 11.6 Å². The monoisotopic (exact) mass is 410 g/mol. The lowest BCUT2D eigenvalue weighted by Gasteiger charge is -2.39. The number of aliphatic hydroxyl groups is 2. The first-order chi connectivity index (χ1) is 13.4. The smallest absolute Gasteiger partial charge is 0.192 e. The number of hydrogen-bond donors (Lipinski definition) is 2. The molecule has 0 unspecified atom stereocenters. The SMILES string of the molecule is CCOc1ccc(Cc2cc([C@@H]3O[C@@H](OC)[C@H](F)[C@H](O)[C@H]3O)ccc2Cl)cc1. The number of methoxy groups -OCH3 is 1. The fourth-order valence-electron chi connectivity index (χ4n) is 3.29. The van der Waals surface area contributed by atoms with Gasteiger partial charge in [-0.2, -0.15) is 0 Å². The molecule has 1 fully saturated rings. The molecule has 1 aliphatic heterocycles. The molecule has 0 saturated carbocycles. The molecule has 5 atom stereocenters. The van der Waals surface area contributed by atoms with Gasteiger partial charge in [0.25, 0.3) is 0 Å². The number of benzene rings is 2. The highest BCUT2D eigenvalue weighted by Crippen LogP contribution is 2.35. The summed E-state index contributed by atoms with van der Waals surface area (Å²) in [5.41, 5.74) is 2.45. The topological polar surface area (TPSA) is 68.2 Å². The van der Waals surface area contributed by atoms with Gasteiger partial charge in [-0.15, -0.1) is 0 Å². The van der Waals surface area contributed by atoms with E-state index in [0.717, 1.165) is 16.9 Å². The molecule has 0 amide bonds. The molecular weight excluding hydrogens is 387 g/mol. The van der Waals surface area contributed by atoms with Gasteiger partial charge in [0.1, 0.15) is 24.1 Å². The molecule has 2 N–H and O–H groups in total. The number of aliphatic hydroxyl groups excluding tert-OH is 2. The van der Waals surface area contributed by atoms with Crippen LogP contribution in [-0.4, -0.2) is 48.6 Å². The maximum atomic E-state index is 14.0. The van der Waals surface area contributed by atoms with Crippen molar-refractivity contribution in [3.63, 3.8) is 0 Å². The summed E-state index contributed by atoms with van der Waals surface area (Å²) < 4.78 is 29.9. The lowest BCUT2D eigenvalue weighted by Crippen LogP contribution is -2.52. The average Bonchev–Trinajstić information content (AvgIpc) is 2.70. The van der Waals surface area contributed by atoms with E-state index in [0.29, 0.717) is 23.6 Å². The van der Waals surface area contributed by atoms with Gasteiger partial charge in [0.05, 0.1) is 6.61 Å². The maximum Gasteiger partial charge on any atom is 0.192 e. The van der Waals surface area contributed by atoms with Gasteiger partial charge >= 0.3 is 0 Å². The maximum absolute atomic E-state index is 14.0. The van der Waals surface area contributed by atoms with Gasteiger partial charge in [0.15, 0.2) is 12.5 Å². The largest absolute Gasteiger partial charge is 0.494 e. The molecule has 0 aliphatic carbocycles. The van der Waals surface area contributed by atoms with Crippen molar-refractivity contribution in [3.05, 3.63) is 64.2 Å². The summed E-state index contributed by atoms with van der Waals surface area (Å²) in [6.45, 7) is 2.53. The van der Waals surface area contributed by atoms with Crippen LogP contribution in [0.2, 0.25) is 5.02 Å². The summed E-state index contributed by atoms with van der Waals surface area (Å²) in [7, 11) is 1.29. The first-order valence-electron chi connectivity index (χ1n) is 9.13. The molecule has 1 heterocycles. The van der Waals surface area contributed by atoms with E-state index in [1.807, 2.05) is 31.2 Å². The van der Waals surface area contributed by atoms with E-state index in [-0.39, 0.29) is 0 Å². The summed E-state index contributed by atoms with van der Waals surface area (Å²) in [5.74, 6) is 0.796. The van der Waals surface area contributed by atoms with Crippen LogP contribution in [0.4, 0.5) is 4.39 Å². The predicted octanol–water partition coefficient (Wildman–Crippen LogP) is 3.43. The molecule has 3 rings (SSSR count). The molecule has 5 nitrogen and oxygen atoms in total. The third-order valence-electron chi connectivity index (χ3n) is 4.79. The van der Waals surface area contributed by atoms with Crippen LogP contribution < -0.4 is 4.74 Å². The third-order valence-corrected chi connectivity index (χ3v) is 5.16. The molecule has 2 aromatic carbocycles. The van der Waals surface area contributed by atoms with Gasteiger partial charge in [0, 0.05) is 12.1 Å². The molecule has 0 radical (unpaired) electrons. The van der Waals surface area contributed by atoms with Gasteiger partial charge in [-0.1, -0.05) is 35.9 Å². The van der Waals surface area contributed by atoms with Crippen LogP contribution in [0.1, 0.15) is 29.7 Å². The Bertz CT molecular complexity index is 783. The van der Waals surface area contributed by atoms with Gasteiger partial charge in [-0.3, -0.25) is 0 Å². The van der Waals surface area contributed by atoms with Gasteiger partial charge in [-0.25, -0.2) is 4.39 Å². The molecule has 1 saturated heterocycles. The van der Waals surface area contributed by atoms with Gasteiger partial charge in [0.2, 0.25) is 0 Å². The molecule has 0 aromatic heterocycles. The average molecular weight is 411 g/mol. The lowest BCUT2D eigenvalue weighted by molar-refractivity contribution is -0.277. The second-order valence-corrected chi connectivity index (χ2v) is 7.10. The highest BCUT2D eigenvalue weighted by molar-refractivity contribution is 6.31. The van der Waals surface area contributed by atoms with E-state index >= 15 is 0 Å². The Morgan fingerprint density at radius 3 is 2.46 bits per heavy atom. The Kier molecular flexibility index (Phi) is 6.91. The number of alkyl halides is 1. The Morgan fingerprint density at radius 2 is 1.82 bits per heavy atom. The highest BCUT2D eigenvalue weighted by Gasteiger charge is 2.45. The summed E-state index contributed by atoms with van der Waals surface area (Å²) in [6, 6.07) is 12.9. The summed E-state index contributed by atoms with van der Waals surface area (Å²) in [6.07, 6.45) is -6.47. The number of hydrogen-bond acceptors (Lipinski definition) is 5. The zero-order valence-electron chi connectivity index (χ0n) is 15.7. The molecule has 1 aliphatic rings. The Hall–Kier alpha value is -1.70. The van der Waals surface area contributed by atoms with Crippen molar-refractivity contribution in [2.45, 2.75) is 44.1 Å². The van der Waals surface area contributed by atoms with Crippen LogP contribution in [0, 0.1) is 0 Å². The lowest BCUT2D eigenvalue weighted by atomic mass is 9.92. The molecule has 7 heteroatoms. The minimum Gasteiger partial charge on any atom is -0.494 e. The molecule has 2 aromatic rings. The summed E-state index contributed by atoms with van der Waals surface area (Å²) >= 11 is 6.35. The highest BCUT2D eigenvalue weighted by atomic mass is 35.5. The fraction of sp³-hybridized carbons (Fsp3) is 0.429. The summed E-state index contributed by atoms with van der Waals surface area (Å²) in [4.78, 5) is 0. The van der Waals surface area contributed by atoms with E-state index in [4.69, 9.17) is 25.8 Å². The number of rotatable bonds is 6.